The van der Waals surface area contributed by atoms with Gasteiger partial charge in [-0.3, -0.25) is 0 Å². The third-order valence-corrected chi connectivity index (χ3v) is 4.36. The minimum atomic E-state index is 1.20. The summed E-state index contributed by atoms with van der Waals surface area (Å²) in [6.45, 7) is 13.1. The summed E-state index contributed by atoms with van der Waals surface area (Å²) < 4.78 is 0. The smallest absolute Gasteiger partial charge is 0.0419 e. The molecule has 19 heavy (non-hydrogen) atoms. The van der Waals surface area contributed by atoms with E-state index in [9.17, 15) is 0 Å². The number of hydrogen-bond donors (Lipinski definition) is 1. The Morgan fingerprint density at radius 3 is 2.00 bits per heavy atom. The predicted molar refractivity (Wildman–Crippen MR) is 84.6 cm³/mol. The zero-order valence-corrected chi connectivity index (χ0v) is 12.8. The molecule has 0 heterocycles. The second kappa shape index (κ2) is 5.08. The van der Waals surface area contributed by atoms with Gasteiger partial charge >= 0.3 is 0 Å². The first-order valence-corrected chi connectivity index (χ1v) is 6.82. The molecule has 0 aliphatic carbocycles. The van der Waals surface area contributed by atoms with E-state index in [1.54, 1.807) is 0 Å². The van der Waals surface area contributed by atoms with Gasteiger partial charge in [0.2, 0.25) is 0 Å². The highest BCUT2D eigenvalue weighted by atomic mass is 14.9. The van der Waals surface area contributed by atoms with Crippen LogP contribution >= 0.6 is 0 Å². The first-order valence-electron chi connectivity index (χ1n) is 6.82. The first-order chi connectivity index (χ1) is 8.91. The largest absolute Gasteiger partial charge is 0.355 e. The Morgan fingerprint density at radius 1 is 0.632 bits per heavy atom. The Labute approximate surface area is 116 Å². The molecule has 100 valence electrons. The Balaban J connectivity index is 2.47. The van der Waals surface area contributed by atoms with E-state index < -0.39 is 0 Å². The predicted octanol–water partition coefficient (Wildman–Crippen LogP) is 5.28. The third-order valence-electron chi connectivity index (χ3n) is 4.36. The molecule has 1 N–H and O–H groups in total. The van der Waals surface area contributed by atoms with Crippen molar-refractivity contribution in [2.45, 2.75) is 41.5 Å². The van der Waals surface area contributed by atoms with E-state index in [1.165, 1.54) is 44.8 Å². The molecule has 0 aliphatic heterocycles. The lowest BCUT2D eigenvalue weighted by molar-refractivity contribution is 1.21. The lowest BCUT2D eigenvalue weighted by Gasteiger charge is -2.17. The van der Waals surface area contributed by atoms with Gasteiger partial charge in [0.1, 0.15) is 0 Å². The fraction of sp³-hybridized carbons (Fsp3) is 0.333. The summed E-state index contributed by atoms with van der Waals surface area (Å²) in [5.41, 5.74) is 10.5. The molecule has 0 radical (unpaired) electrons. The number of nitrogens with one attached hydrogen (secondary N) is 1. The van der Waals surface area contributed by atoms with Crippen molar-refractivity contribution < 1.29 is 0 Å². The van der Waals surface area contributed by atoms with Crippen molar-refractivity contribution in [3.8, 4) is 0 Å². The van der Waals surface area contributed by atoms with Gasteiger partial charge in [-0.1, -0.05) is 12.1 Å². The molecule has 0 fully saturated rings. The summed E-state index contributed by atoms with van der Waals surface area (Å²) in [7, 11) is 0. The van der Waals surface area contributed by atoms with Gasteiger partial charge in [0, 0.05) is 11.4 Å². The van der Waals surface area contributed by atoms with E-state index in [2.05, 4.69) is 71.1 Å². The molecule has 0 unspecified atom stereocenters. The van der Waals surface area contributed by atoms with Crippen LogP contribution in [0.15, 0.2) is 24.3 Å². The normalized spacial score (nSPS) is 10.6. The molecule has 2 aromatic rings. The number of hydrogen-bond acceptors (Lipinski definition) is 1. The molecule has 0 spiro atoms. The zero-order chi connectivity index (χ0) is 14.2. The molecule has 0 bridgehead atoms. The Kier molecular flexibility index (Phi) is 3.66. The highest BCUT2D eigenvalue weighted by molar-refractivity contribution is 5.69. The lowest BCUT2D eigenvalue weighted by atomic mass is 9.97. The van der Waals surface area contributed by atoms with Gasteiger partial charge in [-0.05, 0) is 87.1 Å². The summed E-state index contributed by atoms with van der Waals surface area (Å²) in [5.74, 6) is 0. The average Bonchev–Trinajstić information content (AvgIpc) is 2.38. The molecule has 0 saturated heterocycles. The van der Waals surface area contributed by atoms with Crippen LogP contribution in [0.1, 0.15) is 33.4 Å². The van der Waals surface area contributed by atoms with E-state index >= 15 is 0 Å². The fourth-order valence-corrected chi connectivity index (χ4v) is 2.37. The Bertz CT molecular complexity index is 624. The lowest BCUT2D eigenvalue weighted by Crippen LogP contribution is -2.00. The van der Waals surface area contributed by atoms with Crippen LogP contribution in [0.5, 0.6) is 0 Å². The van der Waals surface area contributed by atoms with E-state index in [-0.39, 0.29) is 0 Å². The van der Waals surface area contributed by atoms with Crippen molar-refractivity contribution >= 4 is 11.4 Å². The standard InChI is InChI=1S/C18H23N/c1-11-8-7-9-17(14(11)4)19-18-10-12(2)13(3)15(5)16(18)6/h7-10,19H,1-6H3. The highest BCUT2D eigenvalue weighted by Crippen LogP contribution is 2.29. The SMILES string of the molecule is Cc1cccc(Nc2cc(C)c(C)c(C)c2C)c1C. The van der Waals surface area contributed by atoms with Crippen molar-refractivity contribution in [2.24, 2.45) is 0 Å². The van der Waals surface area contributed by atoms with Crippen LogP contribution in [-0.2, 0) is 0 Å². The summed E-state index contributed by atoms with van der Waals surface area (Å²) in [5, 5.41) is 3.59. The molecular weight excluding hydrogens is 230 g/mol. The zero-order valence-electron chi connectivity index (χ0n) is 12.8. The van der Waals surface area contributed by atoms with E-state index in [0.717, 1.165) is 0 Å². The minimum Gasteiger partial charge on any atom is -0.355 e. The first kappa shape index (κ1) is 13.7. The van der Waals surface area contributed by atoms with Gasteiger partial charge in [-0.15, -0.1) is 0 Å². The topological polar surface area (TPSA) is 12.0 Å². The van der Waals surface area contributed by atoms with Gasteiger partial charge in [-0.2, -0.15) is 0 Å². The summed E-state index contributed by atoms with van der Waals surface area (Å²) in [6.07, 6.45) is 0. The van der Waals surface area contributed by atoms with Gasteiger partial charge in [-0.25, -0.2) is 0 Å². The fourth-order valence-electron chi connectivity index (χ4n) is 2.37. The summed E-state index contributed by atoms with van der Waals surface area (Å²) >= 11 is 0. The Morgan fingerprint density at radius 2 is 1.32 bits per heavy atom. The van der Waals surface area contributed by atoms with Crippen LogP contribution in [0.25, 0.3) is 0 Å². The molecule has 1 nitrogen and oxygen atoms in total. The molecular formula is C18H23N. The maximum Gasteiger partial charge on any atom is 0.0419 e. The van der Waals surface area contributed by atoms with Crippen molar-refractivity contribution in [2.75, 3.05) is 5.32 Å². The van der Waals surface area contributed by atoms with Crippen molar-refractivity contribution in [1.29, 1.82) is 0 Å². The van der Waals surface area contributed by atoms with Gasteiger partial charge in [0.25, 0.3) is 0 Å². The van der Waals surface area contributed by atoms with Crippen molar-refractivity contribution in [3.63, 3.8) is 0 Å². The Hall–Kier alpha value is -1.76. The molecule has 2 aromatic carbocycles. The molecule has 2 rings (SSSR count). The highest BCUT2D eigenvalue weighted by Gasteiger charge is 2.08. The summed E-state index contributed by atoms with van der Waals surface area (Å²) in [4.78, 5) is 0. The molecule has 0 atom stereocenters. The maximum atomic E-state index is 3.59. The monoisotopic (exact) mass is 253 g/mol. The van der Waals surface area contributed by atoms with Gasteiger partial charge in [0.05, 0.1) is 0 Å². The van der Waals surface area contributed by atoms with Crippen molar-refractivity contribution in [3.05, 3.63) is 57.6 Å². The summed E-state index contributed by atoms with van der Waals surface area (Å²) in [6, 6.07) is 8.65. The second-order valence-electron chi connectivity index (χ2n) is 5.49. The quantitative estimate of drug-likeness (QED) is 0.767. The second-order valence-corrected chi connectivity index (χ2v) is 5.49. The molecule has 1 heteroatoms. The van der Waals surface area contributed by atoms with E-state index in [1.807, 2.05) is 0 Å². The van der Waals surface area contributed by atoms with Crippen LogP contribution in [-0.4, -0.2) is 0 Å². The van der Waals surface area contributed by atoms with E-state index in [4.69, 9.17) is 0 Å². The van der Waals surface area contributed by atoms with Gasteiger partial charge < -0.3 is 5.32 Å². The maximum absolute atomic E-state index is 3.59. The van der Waals surface area contributed by atoms with Gasteiger partial charge in [0.15, 0.2) is 0 Å². The van der Waals surface area contributed by atoms with Crippen LogP contribution in [0.4, 0.5) is 11.4 Å². The van der Waals surface area contributed by atoms with Crippen LogP contribution in [0, 0.1) is 41.5 Å². The molecule has 0 aromatic heterocycles. The molecule has 0 aliphatic rings. The number of benzene rings is 2. The number of anilines is 2. The molecule has 0 saturated carbocycles. The molecule has 0 amide bonds. The van der Waals surface area contributed by atoms with E-state index in [0.29, 0.717) is 0 Å². The van der Waals surface area contributed by atoms with Crippen LogP contribution in [0.3, 0.4) is 0 Å². The van der Waals surface area contributed by atoms with Crippen molar-refractivity contribution in [1.82, 2.24) is 0 Å². The average molecular weight is 253 g/mol. The minimum absolute atomic E-state index is 1.20. The van der Waals surface area contributed by atoms with Crippen LogP contribution in [0.2, 0.25) is 0 Å². The number of rotatable bonds is 2. The van der Waals surface area contributed by atoms with Crippen LogP contribution < -0.4 is 5.32 Å². The third kappa shape index (κ3) is 2.51. The number of aryl methyl sites for hydroxylation is 2.